The SMILES string of the molecule is CC(Cc1ccc2c(c1)OCS2)NC(=O)CCc1c[nH]c2ccccc12. The van der Waals surface area contributed by atoms with Crippen molar-refractivity contribution in [2.45, 2.75) is 37.1 Å². The van der Waals surface area contributed by atoms with Crippen molar-refractivity contribution < 1.29 is 9.53 Å². The summed E-state index contributed by atoms with van der Waals surface area (Å²) in [6, 6.07) is 14.6. The Bertz CT molecular complexity index is 935. The minimum Gasteiger partial charge on any atom is -0.481 e. The monoisotopic (exact) mass is 366 g/mol. The van der Waals surface area contributed by atoms with E-state index in [-0.39, 0.29) is 11.9 Å². The molecule has 1 aliphatic heterocycles. The number of ether oxygens (including phenoxy) is 1. The van der Waals surface area contributed by atoms with Gasteiger partial charge in [-0.3, -0.25) is 4.79 Å². The number of thioether (sulfide) groups is 1. The Hall–Kier alpha value is -2.40. The first-order valence-corrected chi connectivity index (χ1v) is 9.90. The molecule has 1 aliphatic rings. The molecular formula is C21H22N2O2S. The second-order valence-corrected chi connectivity index (χ2v) is 7.68. The predicted octanol–water partition coefficient (Wildman–Crippen LogP) is 4.29. The van der Waals surface area contributed by atoms with E-state index >= 15 is 0 Å². The number of fused-ring (bicyclic) bond motifs is 2. The van der Waals surface area contributed by atoms with Crippen LogP contribution >= 0.6 is 11.8 Å². The molecule has 0 aliphatic carbocycles. The summed E-state index contributed by atoms with van der Waals surface area (Å²) in [6.45, 7) is 2.05. The van der Waals surface area contributed by atoms with Crippen LogP contribution in [0.25, 0.3) is 10.9 Å². The number of aromatic amines is 1. The third-order valence-electron chi connectivity index (χ3n) is 4.68. The average molecular weight is 366 g/mol. The van der Waals surface area contributed by atoms with Crippen LogP contribution in [-0.4, -0.2) is 22.9 Å². The van der Waals surface area contributed by atoms with E-state index in [9.17, 15) is 4.79 Å². The smallest absolute Gasteiger partial charge is 0.220 e. The fraction of sp³-hybridized carbons (Fsp3) is 0.286. The normalized spacial score (nSPS) is 14.0. The van der Waals surface area contributed by atoms with E-state index in [1.807, 2.05) is 25.3 Å². The van der Waals surface area contributed by atoms with Gasteiger partial charge < -0.3 is 15.0 Å². The van der Waals surface area contributed by atoms with Crippen LogP contribution in [-0.2, 0) is 17.6 Å². The molecule has 1 amide bonds. The van der Waals surface area contributed by atoms with Crippen molar-refractivity contribution in [1.82, 2.24) is 10.3 Å². The van der Waals surface area contributed by atoms with Gasteiger partial charge in [0.1, 0.15) is 11.7 Å². The number of hydrogen-bond acceptors (Lipinski definition) is 3. The molecular weight excluding hydrogens is 344 g/mol. The number of nitrogens with one attached hydrogen (secondary N) is 2. The number of rotatable bonds is 6. The Morgan fingerprint density at radius 3 is 3.12 bits per heavy atom. The molecule has 0 fully saturated rings. The van der Waals surface area contributed by atoms with Gasteiger partial charge in [0, 0.05) is 29.6 Å². The zero-order valence-corrected chi connectivity index (χ0v) is 15.6. The van der Waals surface area contributed by atoms with Crippen molar-refractivity contribution in [2.24, 2.45) is 0 Å². The van der Waals surface area contributed by atoms with Crippen LogP contribution in [0.5, 0.6) is 5.75 Å². The van der Waals surface area contributed by atoms with Crippen molar-refractivity contribution >= 4 is 28.6 Å². The maximum absolute atomic E-state index is 12.3. The molecule has 1 unspecified atom stereocenters. The maximum atomic E-state index is 12.3. The zero-order chi connectivity index (χ0) is 17.9. The number of hydrogen-bond donors (Lipinski definition) is 2. The number of H-pyrrole nitrogens is 1. The van der Waals surface area contributed by atoms with E-state index in [0.717, 1.165) is 24.1 Å². The molecule has 4 rings (SSSR count). The summed E-state index contributed by atoms with van der Waals surface area (Å²) < 4.78 is 5.59. The first-order valence-electron chi connectivity index (χ1n) is 8.92. The number of benzene rings is 2. The van der Waals surface area contributed by atoms with Gasteiger partial charge in [-0.15, -0.1) is 0 Å². The van der Waals surface area contributed by atoms with Gasteiger partial charge in [-0.05, 0) is 49.1 Å². The second kappa shape index (κ2) is 7.46. The Balaban J connectivity index is 1.30. The average Bonchev–Trinajstić information content (AvgIpc) is 3.26. The summed E-state index contributed by atoms with van der Waals surface area (Å²) >= 11 is 1.72. The van der Waals surface area contributed by atoms with Crippen molar-refractivity contribution in [1.29, 1.82) is 0 Å². The van der Waals surface area contributed by atoms with Crippen LogP contribution < -0.4 is 10.1 Å². The summed E-state index contributed by atoms with van der Waals surface area (Å²) in [7, 11) is 0. The summed E-state index contributed by atoms with van der Waals surface area (Å²) in [5.74, 6) is 1.75. The van der Waals surface area contributed by atoms with Gasteiger partial charge >= 0.3 is 0 Å². The van der Waals surface area contributed by atoms with Crippen molar-refractivity contribution in [3.8, 4) is 5.75 Å². The quantitative estimate of drug-likeness (QED) is 0.684. The third kappa shape index (κ3) is 3.73. The van der Waals surface area contributed by atoms with E-state index in [1.165, 1.54) is 21.4 Å². The zero-order valence-electron chi connectivity index (χ0n) is 14.7. The van der Waals surface area contributed by atoms with Crippen LogP contribution in [0.4, 0.5) is 0 Å². The van der Waals surface area contributed by atoms with Gasteiger partial charge in [0.15, 0.2) is 0 Å². The van der Waals surface area contributed by atoms with Crippen LogP contribution in [0.2, 0.25) is 0 Å². The lowest BCUT2D eigenvalue weighted by molar-refractivity contribution is -0.121. The minimum atomic E-state index is 0.0933. The molecule has 1 aromatic heterocycles. The van der Waals surface area contributed by atoms with E-state index in [2.05, 4.69) is 40.6 Å². The van der Waals surface area contributed by atoms with Crippen LogP contribution in [0.3, 0.4) is 0 Å². The molecule has 2 aromatic carbocycles. The van der Waals surface area contributed by atoms with Crippen LogP contribution in [0.1, 0.15) is 24.5 Å². The molecule has 4 nitrogen and oxygen atoms in total. The number of aryl methyl sites for hydroxylation is 1. The van der Waals surface area contributed by atoms with Gasteiger partial charge in [-0.1, -0.05) is 36.0 Å². The van der Waals surface area contributed by atoms with Crippen LogP contribution in [0.15, 0.2) is 53.6 Å². The minimum absolute atomic E-state index is 0.0933. The van der Waals surface area contributed by atoms with Gasteiger partial charge in [0.05, 0.1) is 4.90 Å². The number of carbonyl (C=O) groups excluding carboxylic acids is 1. The van der Waals surface area contributed by atoms with E-state index in [1.54, 1.807) is 11.8 Å². The number of carbonyl (C=O) groups is 1. The van der Waals surface area contributed by atoms with E-state index < -0.39 is 0 Å². The molecule has 0 radical (unpaired) electrons. The highest BCUT2D eigenvalue weighted by Crippen LogP contribution is 2.36. The third-order valence-corrected chi connectivity index (χ3v) is 5.57. The van der Waals surface area contributed by atoms with E-state index in [0.29, 0.717) is 12.4 Å². The number of para-hydroxylation sites is 1. The largest absolute Gasteiger partial charge is 0.481 e. The van der Waals surface area contributed by atoms with Gasteiger partial charge in [-0.25, -0.2) is 0 Å². The second-order valence-electron chi connectivity index (χ2n) is 6.72. The van der Waals surface area contributed by atoms with Crippen LogP contribution in [0, 0.1) is 0 Å². The van der Waals surface area contributed by atoms with Crippen molar-refractivity contribution in [2.75, 3.05) is 5.94 Å². The van der Waals surface area contributed by atoms with Crippen molar-refractivity contribution in [3.63, 3.8) is 0 Å². The van der Waals surface area contributed by atoms with E-state index in [4.69, 9.17) is 4.74 Å². The standard InChI is InChI=1S/C21H22N2O2S/c1-14(10-15-6-8-20-19(11-15)25-13-26-20)23-21(24)9-7-16-12-22-18-5-3-2-4-17(16)18/h2-6,8,11-12,14,22H,7,9-10,13H2,1H3,(H,23,24). The molecule has 1 atom stereocenters. The summed E-state index contributed by atoms with van der Waals surface area (Å²) in [5.41, 5.74) is 3.50. The predicted molar refractivity (Wildman–Crippen MR) is 106 cm³/mol. The molecule has 134 valence electrons. The highest BCUT2D eigenvalue weighted by Gasteiger charge is 2.15. The highest BCUT2D eigenvalue weighted by molar-refractivity contribution is 7.99. The summed E-state index contributed by atoms with van der Waals surface area (Å²) in [6.07, 6.45) is 4.05. The molecule has 0 saturated carbocycles. The summed E-state index contributed by atoms with van der Waals surface area (Å²) in [4.78, 5) is 16.8. The fourth-order valence-electron chi connectivity index (χ4n) is 3.41. The van der Waals surface area contributed by atoms with Gasteiger partial charge in [-0.2, -0.15) is 0 Å². The highest BCUT2D eigenvalue weighted by atomic mass is 32.2. The molecule has 0 saturated heterocycles. The lowest BCUT2D eigenvalue weighted by Crippen LogP contribution is -2.34. The molecule has 2 heterocycles. The molecule has 3 aromatic rings. The number of aromatic nitrogens is 1. The first kappa shape index (κ1) is 17.0. The molecule has 0 spiro atoms. The molecule has 5 heteroatoms. The molecule has 26 heavy (non-hydrogen) atoms. The Morgan fingerprint density at radius 2 is 2.19 bits per heavy atom. The fourth-order valence-corrected chi connectivity index (χ4v) is 4.14. The van der Waals surface area contributed by atoms with Gasteiger partial charge in [0.25, 0.3) is 0 Å². The Kier molecular flexibility index (Phi) is 4.89. The Labute approximate surface area is 157 Å². The lowest BCUT2D eigenvalue weighted by Gasteiger charge is -2.14. The maximum Gasteiger partial charge on any atom is 0.220 e. The molecule has 0 bridgehead atoms. The summed E-state index contributed by atoms with van der Waals surface area (Å²) in [5, 5.41) is 4.31. The van der Waals surface area contributed by atoms with Gasteiger partial charge in [0.2, 0.25) is 5.91 Å². The first-order chi connectivity index (χ1) is 12.7. The Morgan fingerprint density at radius 1 is 1.31 bits per heavy atom. The molecule has 2 N–H and O–H groups in total. The lowest BCUT2D eigenvalue weighted by atomic mass is 10.1. The topological polar surface area (TPSA) is 54.1 Å². The van der Waals surface area contributed by atoms with Crippen molar-refractivity contribution in [3.05, 3.63) is 59.8 Å². The number of amides is 1.